The molecular weight excluding hydrogens is 1080 g/mol. The number of hydrogen-bond donors (Lipinski definition) is 14. The fourth-order valence-electron chi connectivity index (χ4n) is 16.5. The summed E-state index contributed by atoms with van der Waals surface area (Å²) < 4.78 is 73.2. The van der Waals surface area contributed by atoms with Gasteiger partial charge in [-0.25, -0.2) is 0 Å². The Morgan fingerprint density at radius 2 is 1.10 bits per heavy atom. The highest BCUT2D eigenvalue weighted by molar-refractivity contribution is 5.26. The Morgan fingerprint density at radius 3 is 1.73 bits per heavy atom. The van der Waals surface area contributed by atoms with Crippen LogP contribution in [-0.4, -0.2) is 270 Å². The van der Waals surface area contributed by atoms with E-state index in [1.807, 2.05) is 0 Å². The van der Waals surface area contributed by atoms with Gasteiger partial charge in [0.2, 0.25) is 0 Å². The van der Waals surface area contributed by atoms with Crippen LogP contribution in [0.25, 0.3) is 0 Å². The molecule has 3 saturated carbocycles. The predicted octanol–water partition coefficient (Wildman–Crippen LogP) is -3.89. The molecule has 0 unspecified atom stereocenters. The van der Waals surface area contributed by atoms with Gasteiger partial charge in [-0.3, -0.25) is 0 Å². The van der Waals surface area contributed by atoms with Crippen LogP contribution in [0.15, 0.2) is 11.6 Å². The Bertz CT molecular complexity index is 2150. The Morgan fingerprint density at radius 1 is 0.531 bits per heavy atom. The Labute approximate surface area is 469 Å². The number of ether oxygens (including phenoxy) is 12. The van der Waals surface area contributed by atoms with Crippen molar-refractivity contribution in [2.24, 2.45) is 46.3 Å². The fraction of sp³-hybridized carbons (Fsp3) is 0.964. The highest BCUT2D eigenvalue weighted by atomic mass is 16.8. The molecule has 4 aliphatic carbocycles. The first kappa shape index (κ1) is 61.4. The summed E-state index contributed by atoms with van der Waals surface area (Å²) in [7, 11) is 0. The largest absolute Gasteiger partial charge is 0.394 e. The summed E-state index contributed by atoms with van der Waals surface area (Å²) in [6, 6.07) is 0. The zero-order valence-corrected chi connectivity index (χ0v) is 46.2. The zero-order chi connectivity index (χ0) is 57.8. The average molecular weight is 1170 g/mol. The third-order valence-electron chi connectivity index (χ3n) is 21.2. The monoisotopic (exact) mass is 1160 g/mol. The molecule has 11 aliphatic rings. The highest BCUT2D eigenvalue weighted by Gasteiger charge is 2.69. The number of aliphatic hydroxyl groups excluding tert-OH is 14. The number of hydrogen-bond acceptors (Lipinski definition) is 26. The standard InChI is InChI=1S/C55H88O26/c1-21-7-12-55(72-18-21)22(2)34-30(81-55)14-27-25-6-5-23-13-24(8-10-53(23,3)26(25)9-11-54(27,34)4)73-50-42(68)39(65)44(33(17-58)76-50)77-52-47(46(38(64)32(16-57)75-52)79-49-41(67)36(62)29(60)20-71-49)80-51-43(69)45(37(63)31(15-56)74-51)78-48-40(66)35(61)28(59)19-70-48/h5,21-22,24-52,56-69H,6-20H2,1-4H3/t21-,22+,24+,25-,26+,27+,28-,29-,30+,31-,32-,33-,34+,35+,36+,37-,38-,39-,40-,41-,42-,43-,44+,45+,46+,47-,48+,49+,50-,51+,52+,53+,54+,55-/m1/s1. The van der Waals surface area contributed by atoms with Crippen LogP contribution in [0.4, 0.5) is 0 Å². The molecule has 26 heteroatoms. The van der Waals surface area contributed by atoms with Crippen LogP contribution in [0.3, 0.4) is 0 Å². The van der Waals surface area contributed by atoms with Gasteiger partial charge in [0.25, 0.3) is 0 Å². The quantitative estimate of drug-likeness (QED) is 0.0784. The van der Waals surface area contributed by atoms with Gasteiger partial charge in [-0.2, -0.15) is 0 Å². The molecule has 0 aromatic carbocycles. The first-order chi connectivity index (χ1) is 38.6. The first-order valence-electron chi connectivity index (χ1n) is 29.4. The summed E-state index contributed by atoms with van der Waals surface area (Å²) in [4.78, 5) is 0. The van der Waals surface area contributed by atoms with Crippen molar-refractivity contribution in [3.8, 4) is 0 Å². The van der Waals surface area contributed by atoms with Gasteiger partial charge in [-0.1, -0.05) is 39.3 Å². The van der Waals surface area contributed by atoms with Gasteiger partial charge in [0.15, 0.2) is 37.2 Å². The second-order valence-electron chi connectivity index (χ2n) is 25.8. The van der Waals surface area contributed by atoms with E-state index in [-0.39, 0.29) is 16.9 Å². The molecule has 0 bridgehead atoms. The van der Waals surface area contributed by atoms with E-state index in [1.165, 1.54) is 5.57 Å². The topological polar surface area (TPSA) is 394 Å². The smallest absolute Gasteiger partial charge is 0.187 e. The molecule has 11 rings (SSSR count). The van der Waals surface area contributed by atoms with E-state index in [1.54, 1.807) is 0 Å². The van der Waals surface area contributed by atoms with E-state index in [2.05, 4.69) is 33.8 Å². The summed E-state index contributed by atoms with van der Waals surface area (Å²) in [5.74, 6) is 2.32. The summed E-state index contributed by atoms with van der Waals surface area (Å²) in [6.45, 7) is 6.46. The molecule has 14 N–H and O–H groups in total. The van der Waals surface area contributed by atoms with Crippen LogP contribution >= 0.6 is 0 Å². The van der Waals surface area contributed by atoms with E-state index in [0.717, 1.165) is 51.6 Å². The first-order valence-corrected chi connectivity index (χ1v) is 29.4. The van der Waals surface area contributed by atoms with Crippen molar-refractivity contribution in [3.05, 3.63) is 11.6 Å². The predicted molar refractivity (Wildman–Crippen MR) is 269 cm³/mol. The molecule has 10 fully saturated rings. The second-order valence-corrected chi connectivity index (χ2v) is 25.8. The maximum absolute atomic E-state index is 12.0. The van der Waals surface area contributed by atoms with Gasteiger partial charge in [0.05, 0.1) is 51.8 Å². The van der Waals surface area contributed by atoms with Crippen molar-refractivity contribution in [1.82, 2.24) is 0 Å². The lowest BCUT2D eigenvalue weighted by atomic mass is 9.47. The summed E-state index contributed by atoms with van der Waals surface area (Å²) in [5.41, 5.74) is 1.36. The maximum atomic E-state index is 12.0. The minimum absolute atomic E-state index is 0.0789. The van der Waals surface area contributed by atoms with Gasteiger partial charge < -0.3 is 128 Å². The molecule has 1 spiro atoms. The molecule has 0 aromatic rings. The average Bonchev–Trinajstić information content (AvgIpc) is 4.01. The number of aliphatic hydroxyl groups is 14. The van der Waals surface area contributed by atoms with Crippen LogP contribution in [0, 0.1) is 46.3 Å². The lowest BCUT2D eigenvalue weighted by Gasteiger charge is -2.58. The summed E-state index contributed by atoms with van der Waals surface area (Å²) in [5, 5.41) is 153. The van der Waals surface area contributed by atoms with E-state index < -0.39 is 186 Å². The van der Waals surface area contributed by atoms with Gasteiger partial charge in [0.1, 0.15) is 110 Å². The minimum Gasteiger partial charge on any atom is -0.394 e. The number of allylic oxidation sites excluding steroid dienone is 1. The fourth-order valence-corrected chi connectivity index (χ4v) is 16.5. The van der Waals surface area contributed by atoms with Crippen molar-refractivity contribution in [1.29, 1.82) is 0 Å². The molecule has 26 nitrogen and oxygen atoms in total. The van der Waals surface area contributed by atoms with Gasteiger partial charge in [-0.15, -0.1) is 0 Å². The molecule has 7 heterocycles. The van der Waals surface area contributed by atoms with Crippen LogP contribution in [-0.2, 0) is 56.8 Å². The zero-order valence-electron chi connectivity index (χ0n) is 46.2. The Hall–Kier alpha value is -1.30. The molecule has 7 saturated heterocycles. The molecule has 464 valence electrons. The van der Waals surface area contributed by atoms with E-state index in [4.69, 9.17) is 56.8 Å². The Kier molecular flexibility index (Phi) is 18.2. The lowest BCUT2D eigenvalue weighted by molar-refractivity contribution is -0.408. The second kappa shape index (κ2) is 24.0. The molecule has 34 atom stereocenters. The van der Waals surface area contributed by atoms with Crippen LogP contribution in [0.2, 0.25) is 0 Å². The van der Waals surface area contributed by atoms with Crippen LogP contribution in [0.1, 0.15) is 85.5 Å². The Balaban J connectivity index is 0.790. The third kappa shape index (κ3) is 10.8. The molecule has 0 aromatic heterocycles. The number of fused-ring (bicyclic) bond motifs is 7. The molecule has 0 radical (unpaired) electrons. The molecule has 0 amide bonds. The SMILES string of the molecule is C[C@@H]1CC[C@@]2(OC1)O[C@H]1C[C@H]3[C@@H]4CC=C5C[C@@H](O[C@@H]6O[C@H](CO)[C@H](O[C@@H]7O[C@H](CO)[C@@H](O)[C@H](O[C@@H]8OC[C@@H](O)[C@H](O)[C@H]8O)[C@H]7O[C@@H]7O[C@H](CO)[C@@H](O)[C@H](O[C@@H]8OC[C@@H](O)[C@H](O)[C@H]8O)[C@H]7O)[C@H](O)[C@H]6O)CC[C@]5(C)[C@H]4CC[C@]3(C)[C@H]1[C@@H]2C. The highest BCUT2D eigenvalue weighted by Crippen LogP contribution is 2.71. The van der Waals surface area contributed by atoms with E-state index in [0.29, 0.717) is 48.3 Å². The number of rotatable bonds is 13. The van der Waals surface area contributed by atoms with Crippen molar-refractivity contribution < 1.29 is 128 Å². The molecule has 81 heavy (non-hydrogen) atoms. The maximum Gasteiger partial charge on any atom is 0.187 e. The van der Waals surface area contributed by atoms with E-state index in [9.17, 15) is 71.5 Å². The summed E-state index contributed by atoms with van der Waals surface area (Å²) >= 11 is 0. The van der Waals surface area contributed by atoms with Crippen molar-refractivity contribution >= 4 is 0 Å². The van der Waals surface area contributed by atoms with Crippen molar-refractivity contribution in [3.63, 3.8) is 0 Å². The van der Waals surface area contributed by atoms with Crippen LogP contribution in [0.5, 0.6) is 0 Å². The minimum atomic E-state index is -2.11. The lowest BCUT2D eigenvalue weighted by Crippen LogP contribution is -2.69. The normalized spacial score (nSPS) is 56.6. The van der Waals surface area contributed by atoms with Gasteiger partial charge in [-0.05, 0) is 91.8 Å². The van der Waals surface area contributed by atoms with E-state index >= 15 is 0 Å². The van der Waals surface area contributed by atoms with Crippen LogP contribution < -0.4 is 0 Å². The van der Waals surface area contributed by atoms with Gasteiger partial charge >= 0.3 is 0 Å². The third-order valence-corrected chi connectivity index (χ3v) is 21.2. The summed E-state index contributed by atoms with van der Waals surface area (Å²) in [6.07, 6.45) is -30.9. The van der Waals surface area contributed by atoms with Crippen molar-refractivity contribution in [2.45, 2.75) is 245 Å². The van der Waals surface area contributed by atoms with Crippen molar-refractivity contribution in [2.75, 3.05) is 39.6 Å². The molecular formula is C55H88O26. The molecule has 7 aliphatic heterocycles. The van der Waals surface area contributed by atoms with Gasteiger partial charge in [0, 0.05) is 12.3 Å².